The number of nitrogens with zero attached hydrogens (tertiary/aromatic N) is 2. The van der Waals surface area contributed by atoms with Gasteiger partial charge in [0.05, 0.1) is 17.4 Å². The van der Waals surface area contributed by atoms with Gasteiger partial charge in [0.25, 0.3) is 0 Å². The molecular weight excluding hydrogens is 243 g/mol. The molecule has 6 heteroatoms. The number of hydrogen-bond acceptors (Lipinski definition) is 2. The normalized spacial score (nSPS) is 11.8. The lowest BCUT2D eigenvalue weighted by molar-refractivity contribution is -0.137. The van der Waals surface area contributed by atoms with Crippen LogP contribution >= 0.6 is 0 Å². The highest BCUT2D eigenvalue weighted by Gasteiger charge is 2.34. The lowest BCUT2D eigenvalue weighted by Crippen LogP contribution is -2.12. The van der Waals surface area contributed by atoms with Crippen molar-refractivity contribution in [2.24, 2.45) is 5.73 Å². The maximum atomic E-state index is 12.9. The van der Waals surface area contributed by atoms with E-state index in [2.05, 4.69) is 5.10 Å². The first kappa shape index (κ1) is 12.6. The zero-order valence-corrected chi connectivity index (χ0v) is 9.70. The number of alkyl halides is 3. The summed E-state index contributed by atoms with van der Waals surface area (Å²) in [5.41, 5.74) is 6.15. The fourth-order valence-corrected chi connectivity index (χ4v) is 1.78. The van der Waals surface area contributed by atoms with Gasteiger partial charge >= 0.3 is 6.18 Å². The Labute approximate surface area is 102 Å². The molecule has 96 valence electrons. The summed E-state index contributed by atoms with van der Waals surface area (Å²) in [7, 11) is 0. The van der Waals surface area contributed by atoms with E-state index in [1.807, 2.05) is 0 Å². The van der Waals surface area contributed by atoms with Crippen LogP contribution in [-0.4, -0.2) is 9.78 Å². The molecule has 2 rings (SSSR count). The van der Waals surface area contributed by atoms with Crippen molar-refractivity contribution in [1.29, 1.82) is 0 Å². The van der Waals surface area contributed by atoms with E-state index in [1.165, 1.54) is 23.0 Å². The van der Waals surface area contributed by atoms with Crippen LogP contribution in [0.2, 0.25) is 0 Å². The minimum atomic E-state index is -4.40. The van der Waals surface area contributed by atoms with Gasteiger partial charge in [0.2, 0.25) is 0 Å². The molecule has 18 heavy (non-hydrogen) atoms. The summed E-state index contributed by atoms with van der Waals surface area (Å²) in [6.45, 7) is 1.95. The van der Waals surface area contributed by atoms with Gasteiger partial charge in [0.1, 0.15) is 0 Å². The number of aromatic nitrogens is 2. The number of para-hydroxylation sites is 1. The summed E-state index contributed by atoms with van der Waals surface area (Å²) in [6.07, 6.45) is -2.92. The molecule has 0 spiro atoms. The summed E-state index contributed by atoms with van der Waals surface area (Å²) in [5.74, 6) is 0. The fraction of sp³-hybridized carbons (Fsp3) is 0.250. The fourth-order valence-electron chi connectivity index (χ4n) is 1.78. The Morgan fingerprint density at radius 3 is 2.50 bits per heavy atom. The molecule has 0 amide bonds. The first-order valence-corrected chi connectivity index (χ1v) is 5.35. The third kappa shape index (κ3) is 2.11. The zero-order valence-electron chi connectivity index (χ0n) is 9.70. The highest BCUT2D eigenvalue weighted by Crippen LogP contribution is 2.33. The van der Waals surface area contributed by atoms with Crippen LogP contribution in [0.15, 0.2) is 30.5 Å². The molecule has 0 unspecified atom stereocenters. The van der Waals surface area contributed by atoms with Gasteiger partial charge in [0, 0.05) is 17.8 Å². The average molecular weight is 255 g/mol. The molecule has 0 fully saturated rings. The quantitative estimate of drug-likeness (QED) is 0.896. The summed E-state index contributed by atoms with van der Waals surface area (Å²) in [5, 5.41) is 3.97. The van der Waals surface area contributed by atoms with E-state index in [1.54, 1.807) is 13.0 Å². The van der Waals surface area contributed by atoms with Gasteiger partial charge in [-0.1, -0.05) is 12.1 Å². The summed E-state index contributed by atoms with van der Waals surface area (Å²) in [4.78, 5) is 0. The Hall–Kier alpha value is -1.82. The number of nitrogens with two attached hydrogens (primary N) is 1. The molecular formula is C12H12F3N3. The molecule has 0 saturated heterocycles. The van der Waals surface area contributed by atoms with Crippen LogP contribution in [0.25, 0.3) is 5.69 Å². The Morgan fingerprint density at radius 1 is 1.28 bits per heavy atom. The van der Waals surface area contributed by atoms with Crippen LogP contribution in [0, 0.1) is 6.92 Å². The molecule has 0 aliphatic heterocycles. The van der Waals surface area contributed by atoms with Crippen LogP contribution in [0.3, 0.4) is 0 Å². The standard InChI is InChI=1S/C12H12F3N3/c1-8-9(6-16)7-17-18(8)11-5-3-2-4-10(11)12(13,14)15/h2-5,7H,6,16H2,1H3. The number of halogens is 3. The van der Waals surface area contributed by atoms with Gasteiger partial charge in [0.15, 0.2) is 0 Å². The molecule has 0 atom stereocenters. The zero-order chi connectivity index (χ0) is 13.3. The summed E-state index contributed by atoms with van der Waals surface area (Å²) >= 11 is 0. The summed E-state index contributed by atoms with van der Waals surface area (Å²) in [6, 6.07) is 5.34. The van der Waals surface area contributed by atoms with Crippen molar-refractivity contribution in [1.82, 2.24) is 9.78 Å². The smallest absolute Gasteiger partial charge is 0.326 e. The van der Waals surface area contributed by atoms with Gasteiger partial charge in [-0.15, -0.1) is 0 Å². The van der Waals surface area contributed by atoms with Crippen molar-refractivity contribution in [2.45, 2.75) is 19.6 Å². The lowest BCUT2D eigenvalue weighted by atomic mass is 10.1. The second-order valence-electron chi connectivity index (χ2n) is 3.89. The first-order valence-electron chi connectivity index (χ1n) is 5.35. The predicted octanol–water partition coefficient (Wildman–Crippen LogP) is 2.66. The number of rotatable bonds is 2. The molecule has 1 aromatic heterocycles. The molecule has 2 N–H and O–H groups in total. The van der Waals surface area contributed by atoms with Gasteiger partial charge in [-0.25, -0.2) is 4.68 Å². The monoisotopic (exact) mass is 255 g/mol. The molecule has 3 nitrogen and oxygen atoms in total. The van der Waals surface area contributed by atoms with Gasteiger partial charge in [-0.3, -0.25) is 0 Å². The lowest BCUT2D eigenvalue weighted by Gasteiger charge is -2.13. The maximum Gasteiger partial charge on any atom is 0.418 e. The Morgan fingerprint density at radius 2 is 1.94 bits per heavy atom. The van der Waals surface area contributed by atoms with E-state index in [0.29, 0.717) is 5.69 Å². The van der Waals surface area contributed by atoms with Crippen molar-refractivity contribution in [3.05, 3.63) is 47.3 Å². The third-order valence-electron chi connectivity index (χ3n) is 2.77. The Balaban J connectivity index is 2.61. The Kier molecular flexibility index (Phi) is 3.13. The molecule has 1 heterocycles. The Bertz CT molecular complexity index is 558. The van der Waals surface area contributed by atoms with Gasteiger partial charge < -0.3 is 5.73 Å². The van der Waals surface area contributed by atoms with Crippen LogP contribution in [0.4, 0.5) is 13.2 Å². The van der Waals surface area contributed by atoms with Crippen LogP contribution in [-0.2, 0) is 12.7 Å². The highest BCUT2D eigenvalue weighted by molar-refractivity contribution is 5.44. The highest BCUT2D eigenvalue weighted by atomic mass is 19.4. The maximum absolute atomic E-state index is 12.9. The molecule has 0 radical (unpaired) electrons. The van der Waals surface area contributed by atoms with Crippen LogP contribution < -0.4 is 5.73 Å². The van der Waals surface area contributed by atoms with Crippen molar-refractivity contribution in [3.8, 4) is 5.69 Å². The van der Waals surface area contributed by atoms with E-state index >= 15 is 0 Å². The van der Waals surface area contributed by atoms with Crippen molar-refractivity contribution in [2.75, 3.05) is 0 Å². The van der Waals surface area contributed by atoms with E-state index in [4.69, 9.17) is 5.73 Å². The van der Waals surface area contributed by atoms with Gasteiger partial charge in [-0.2, -0.15) is 18.3 Å². The molecule has 2 aromatic rings. The van der Waals surface area contributed by atoms with E-state index in [-0.39, 0.29) is 12.2 Å². The van der Waals surface area contributed by atoms with Crippen LogP contribution in [0.5, 0.6) is 0 Å². The summed E-state index contributed by atoms with van der Waals surface area (Å²) < 4.78 is 39.9. The minimum absolute atomic E-state index is 0.0159. The molecule has 0 saturated carbocycles. The van der Waals surface area contributed by atoms with Gasteiger partial charge in [-0.05, 0) is 19.1 Å². The third-order valence-corrected chi connectivity index (χ3v) is 2.77. The van der Waals surface area contributed by atoms with Crippen molar-refractivity contribution < 1.29 is 13.2 Å². The second kappa shape index (κ2) is 4.45. The van der Waals surface area contributed by atoms with Crippen LogP contribution in [0.1, 0.15) is 16.8 Å². The molecule has 0 aliphatic carbocycles. The number of hydrogen-bond donors (Lipinski definition) is 1. The second-order valence-corrected chi connectivity index (χ2v) is 3.89. The average Bonchev–Trinajstić information content (AvgIpc) is 2.69. The molecule has 0 bridgehead atoms. The molecule has 1 aromatic carbocycles. The van der Waals surface area contributed by atoms with E-state index < -0.39 is 11.7 Å². The minimum Gasteiger partial charge on any atom is -0.326 e. The number of benzene rings is 1. The molecule has 0 aliphatic rings. The van der Waals surface area contributed by atoms with E-state index in [0.717, 1.165) is 11.6 Å². The SMILES string of the molecule is Cc1c(CN)cnn1-c1ccccc1C(F)(F)F. The van der Waals surface area contributed by atoms with E-state index in [9.17, 15) is 13.2 Å². The van der Waals surface area contributed by atoms with Crippen molar-refractivity contribution in [3.63, 3.8) is 0 Å². The topological polar surface area (TPSA) is 43.8 Å². The van der Waals surface area contributed by atoms with Crippen molar-refractivity contribution >= 4 is 0 Å². The predicted molar refractivity (Wildman–Crippen MR) is 61.2 cm³/mol. The first-order chi connectivity index (χ1) is 8.45. The largest absolute Gasteiger partial charge is 0.418 e.